The second kappa shape index (κ2) is 5.48. The van der Waals surface area contributed by atoms with Gasteiger partial charge in [0.25, 0.3) is 0 Å². The smallest absolute Gasteiger partial charge is 0.340 e. The van der Waals surface area contributed by atoms with Crippen molar-refractivity contribution in [2.75, 3.05) is 18.2 Å². The fraction of sp³-hybridized carbons (Fsp3) is 0.462. The van der Waals surface area contributed by atoms with Crippen LogP contribution in [0.4, 0.5) is 11.4 Å². The molecule has 1 fully saturated rings. The topological polar surface area (TPSA) is 64.3 Å². The van der Waals surface area contributed by atoms with Crippen LogP contribution in [0, 0.1) is 0 Å². The van der Waals surface area contributed by atoms with E-state index in [1.54, 1.807) is 12.1 Å². The van der Waals surface area contributed by atoms with Gasteiger partial charge in [0.15, 0.2) is 0 Å². The zero-order chi connectivity index (χ0) is 13.1. The van der Waals surface area contributed by atoms with Gasteiger partial charge in [0, 0.05) is 11.7 Å². The highest BCUT2D eigenvalue weighted by Crippen LogP contribution is 2.32. The molecule has 0 unspecified atom stereocenters. The van der Waals surface area contributed by atoms with E-state index in [0.29, 0.717) is 28.0 Å². The van der Waals surface area contributed by atoms with Crippen LogP contribution in [0.3, 0.4) is 0 Å². The van der Waals surface area contributed by atoms with Crippen molar-refractivity contribution in [3.63, 3.8) is 0 Å². The van der Waals surface area contributed by atoms with Crippen molar-refractivity contribution in [1.82, 2.24) is 0 Å². The molecule has 0 saturated heterocycles. The summed E-state index contributed by atoms with van der Waals surface area (Å²) in [5.74, 6) is -0.426. The molecular weight excluding hydrogens is 252 g/mol. The summed E-state index contributed by atoms with van der Waals surface area (Å²) in [6.07, 6.45) is 4.61. The zero-order valence-electron chi connectivity index (χ0n) is 10.3. The molecule has 4 nitrogen and oxygen atoms in total. The number of nitrogen functional groups attached to an aromatic ring is 1. The van der Waals surface area contributed by atoms with Gasteiger partial charge in [-0.25, -0.2) is 4.79 Å². The van der Waals surface area contributed by atoms with Crippen LogP contribution in [0.2, 0.25) is 5.02 Å². The number of ether oxygens (including phenoxy) is 1. The number of halogens is 1. The van der Waals surface area contributed by atoms with Crippen molar-refractivity contribution in [2.45, 2.75) is 31.7 Å². The lowest BCUT2D eigenvalue weighted by Gasteiger charge is -2.18. The minimum absolute atomic E-state index is 0.370. The van der Waals surface area contributed by atoms with Gasteiger partial charge in [-0.15, -0.1) is 0 Å². The molecule has 1 saturated carbocycles. The van der Waals surface area contributed by atoms with Gasteiger partial charge in [0.2, 0.25) is 0 Å². The molecule has 0 radical (unpaired) electrons. The third kappa shape index (κ3) is 2.70. The van der Waals surface area contributed by atoms with E-state index in [-0.39, 0.29) is 0 Å². The van der Waals surface area contributed by atoms with Gasteiger partial charge >= 0.3 is 5.97 Å². The van der Waals surface area contributed by atoms with E-state index in [1.165, 1.54) is 20.0 Å². The van der Waals surface area contributed by atoms with E-state index in [4.69, 9.17) is 22.1 Å². The Morgan fingerprint density at radius 1 is 1.44 bits per heavy atom. The SMILES string of the molecule is COC(=O)c1cc(N)cc(Cl)c1NC1CCCC1. The van der Waals surface area contributed by atoms with Crippen molar-refractivity contribution in [1.29, 1.82) is 0 Å². The summed E-state index contributed by atoms with van der Waals surface area (Å²) >= 11 is 6.16. The molecule has 0 spiro atoms. The van der Waals surface area contributed by atoms with Crippen LogP contribution < -0.4 is 11.1 Å². The quantitative estimate of drug-likeness (QED) is 0.653. The van der Waals surface area contributed by atoms with Gasteiger partial charge in [-0.05, 0) is 25.0 Å². The Morgan fingerprint density at radius 3 is 2.72 bits per heavy atom. The second-order valence-corrected chi connectivity index (χ2v) is 4.95. The molecule has 1 aliphatic carbocycles. The number of nitrogens with one attached hydrogen (secondary N) is 1. The molecule has 1 aliphatic rings. The number of nitrogens with two attached hydrogens (primary N) is 1. The van der Waals surface area contributed by atoms with Gasteiger partial charge in [-0.3, -0.25) is 0 Å². The molecule has 0 atom stereocenters. The predicted octanol–water partition coefficient (Wildman–Crippen LogP) is 3.06. The van der Waals surface area contributed by atoms with Crippen molar-refractivity contribution < 1.29 is 9.53 Å². The Bertz CT molecular complexity index is 457. The Hall–Kier alpha value is -1.42. The van der Waals surface area contributed by atoms with Crippen molar-refractivity contribution in [3.8, 4) is 0 Å². The summed E-state index contributed by atoms with van der Waals surface area (Å²) in [4.78, 5) is 11.7. The standard InChI is InChI=1S/C13H17ClN2O2/c1-18-13(17)10-6-8(15)7-11(14)12(10)16-9-4-2-3-5-9/h6-7,9,16H,2-5,15H2,1H3. The van der Waals surface area contributed by atoms with Crippen LogP contribution in [0.5, 0.6) is 0 Å². The summed E-state index contributed by atoms with van der Waals surface area (Å²) in [5.41, 5.74) is 7.19. The number of carbonyl (C=O) groups excluding carboxylic acids is 1. The molecule has 0 aromatic heterocycles. The number of carbonyl (C=O) groups is 1. The van der Waals surface area contributed by atoms with E-state index in [2.05, 4.69) is 5.32 Å². The summed E-state index contributed by atoms with van der Waals surface area (Å²) in [6, 6.07) is 3.61. The Balaban J connectivity index is 2.33. The molecule has 1 aromatic rings. The lowest BCUT2D eigenvalue weighted by atomic mass is 10.1. The first kappa shape index (κ1) is 13.0. The Kier molecular flexibility index (Phi) is 3.97. The van der Waals surface area contributed by atoms with Crippen molar-refractivity contribution >= 4 is 28.9 Å². The van der Waals surface area contributed by atoms with Crippen LogP contribution in [0.1, 0.15) is 36.0 Å². The van der Waals surface area contributed by atoms with Gasteiger partial charge in [0.1, 0.15) is 0 Å². The van der Waals surface area contributed by atoms with Gasteiger partial charge in [0.05, 0.1) is 23.4 Å². The predicted molar refractivity (Wildman–Crippen MR) is 73.1 cm³/mol. The number of hydrogen-bond acceptors (Lipinski definition) is 4. The van der Waals surface area contributed by atoms with Gasteiger partial charge in [-0.1, -0.05) is 24.4 Å². The molecule has 2 rings (SSSR count). The highest BCUT2D eigenvalue weighted by atomic mass is 35.5. The molecule has 98 valence electrons. The molecular formula is C13H17ClN2O2. The summed E-state index contributed by atoms with van der Waals surface area (Å²) < 4.78 is 4.76. The van der Waals surface area contributed by atoms with Crippen LogP contribution >= 0.6 is 11.6 Å². The van der Waals surface area contributed by atoms with E-state index < -0.39 is 5.97 Å². The normalized spacial score (nSPS) is 15.7. The summed E-state index contributed by atoms with van der Waals surface area (Å²) in [5, 5.41) is 3.79. The average molecular weight is 269 g/mol. The zero-order valence-corrected chi connectivity index (χ0v) is 11.1. The van der Waals surface area contributed by atoms with Crippen molar-refractivity contribution in [3.05, 3.63) is 22.7 Å². The lowest BCUT2D eigenvalue weighted by Crippen LogP contribution is -2.18. The maximum atomic E-state index is 11.7. The van der Waals surface area contributed by atoms with Crippen LogP contribution in [-0.4, -0.2) is 19.1 Å². The Labute approximate surface area is 111 Å². The maximum absolute atomic E-state index is 11.7. The van der Waals surface area contributed by atoms with Gasteiger partial charge in [-0.2, -0.15) is 0 Å². The third-order valence-corrected chi connectivity index (χ3v) is 3.52. The average Bonchev–Trinajstić information content (AvgIpc) is 2.84. The number of anilines is 2. The summed E-state index contributed by atoms with van der Waals surface area (Å²) in [7, 11) is 1.35. The van der Waals surface area contributed by atoms with Crippen LogP contribution in [0.25, 0.3) is 0 Å². The first-order valence-electron chi connectivity index (χ1n) is 6.05. The highest BCUT2D eigenvalue weighted by molar-refractivity contribution is 6.34. The number of rotatable bonds is 3. The number of benzene rings is 1. The fourth-order valence-corrected chi connectivity index (χ4v) is 2.60. The van der Waals surface area contributed by atoms with E-state index in [0.717, 1.165) is 12.8 Å². The molecule has 18 heavy (non-hydrogen) atoms. The number of hydrogen-bond donors (Lipinski definition) is 2. The molecule has 0 amide bonds. The molecule has 0 heterocycles. The first-order chi connectivity index (χ1) is 8.61. The number of methoxy groups -OCH3 is 1. The van der Waals surface area contributed by atoms with Crippen LogP contribution in [-0.2, 0) is 4.74 Å². The summed E-state index contributed by atoms with van der Waals surface area (Å²) in [6.45, 7) is 0. The lowest BCUT2D eigenvalue weighted by molar-refractivity contribution is 0.0602. The monoisotopic (exact) mass is 268 g/mol. The minimum atomic E-state index is -0.426. The molecule has 5 heteroatoms. The van der Waals surface area contributed by atoms with Gasteiger partial charge < -0.3 is 15.8 Å². The second-order valence-electron chi connectivity index (χ2n) is 4.54. The third-order valence-electron chi connectivity index (χ3n) is 3.22. The van der Waals surface area contributed by atoms with E-state index in [1.807, 2.05) is 0 Å². The van der Waals surface area contributed by atoms with Crippen LogP contribution in [0.15, 0.2) is 12.1 Å². The van der Waals surface area contributed by atoms with Crippen molar-refractivity contribution in [2.24, 2.45) is 0 Å². The largest absolute Gasteiger partial charge is 0.465 e. The minimum Gasteiger partial charge on any atom is -0.465 e. The van der Waals surface area contributed by atoms with E-state index >= 15 is 0 Å². The highest BCUT2D eigenvalue weighted by Gasteiger charge is 2.21. The maximum Gasteiger partial charge on any atom is 0.340 e. The molecule has 1 aromatic carbocycles. The van der Waals surface area contributed by atoms with E-state index in [9.17, 15) is 4.79 Å². The first-order valence-corrected chi connectivity index (χ1v) is 6.43. The molecule has 0 aliphatic heterocycles. The Morgan fingerprint density at radius 2 is 2.11 bits per heavy atom. The molecule has 0 bridgehead atoms. The fourth-order valence-electron chi connectivity index (χ4n) is 2.32. The number of esters is 1. The molecule has 3 N–H and O–H groups in total.